The zero-order valence-electron chi connectivity index (χ0n) is 14.9. The third-order valence-electron chi connectivity index (χ3n) is 3.55. The van der Waals surface area contributed by atoms with Crippen LogP contribution in [0.4, 0.5) is 10.5 Å². The van der Waals surface area contributed by atoms with E-state index < -0.39 is 0 Å². The van der Waals surface area contributed by atoms with Gasteiger partial charge in [0, 0.05) is 18.6 Å². The molecule has 0 aliphatic rings. The van der Waals surface area contributed by atoms with Crippen LogP contribution in [0.15, 0.2) is 54.6 Å². The van der Waals surface area contributed by atoms with E-state index in [4.69, 9.17) is 5.73 Å². The first kappa shape index (κ1) is 21.5. The smallest absolute Gasteiger partial charge is 0.319 e. The van der Waals surface area contributed by atoms with Crippen molar-refractivity contribution in [2.45, 2.75) is 25.9 Å². The van der Waals surface area contributed by atoms with Gasteiger partial charge in [0.1, 0.15) is 0 Å². The summed E-state index contributed by atoms with van der Waals surface area (Å²) in [6.07, 6.45) is 0. The minimum absolute atomic E-state index is 0. The van der Waals surface area contributed by atoms with Crippen LogP contribution in [-0.4, -0.2) is 24.5 Å². The molecule has 2 aromatic carbocycles. The monoisotopic (exact) mass is 376 g/mol. The van der Waals surface area contributed by atoms with Crippen LogP contribution in [0, 0.1) is 0 Å². The van der Waals surface area contributed by atoms with Gasteiger partial charge in [-0.25, -0.2) is 4.79 Å². The molecule has 3 amide bonds. The van der Waals surface area contributed by atoms with Crippen molar-refractivity contribution in [2.24, 2.45) is 5.73 Å². The number of urea groups is 1. The summed E-state index contributed by atoms with van der Waals surface area (Å²) in [5.41, 5.74) is 7.89. The number of hydrogen-bond acceptors (Lipinski definition) is 3. The molecule has 0 saturated heterocycles. The maximum Gasteiger partial charge on any atom is 0.319 e. The van der Waals surface area contributed by atoms with E-state index in [0.717, 1.165) is 5.56 Å². The van der Waals surface area contributed by atoms with Crippen molar-refractivity contribution in [1.29, 1.82) is 0 Å². The fraction of sp³-hybridized carbons (Fsp3) is 0.263. The average molecular weight is 377 g/mol. The Balaban J connectivity index is 0.00000338. The van der Waals surface area contributed by atoms with E-state index in [1.165, 1.54) is 0 Å². The van der Waals surface area contributed by atoms with Crippen molar-refractivity contribution < 1.29 is 9.59 Å². The first-order valence-corrected chi connectivity index (χ1v) is 8.22. The third-order valence-corrected chi connectivity index (χ3v) is 3.55. The molecule has 0 fully saturated rings. The zero-order chi connectivity index (χ0) is 18.2. The number of para-hydroxylation sites is 1. The molecule has 140 valence electrons. The predicted molar refractivity (Wildman–Crippen MR) is 107 cm³/mol. The van der Waals surface area contributed by atoms with E-state index >= 15 is 0 Å². The molecule has 2 rings (SSSR count). The average Bonchev–Trinajstić information content (AvgIpc) is 2.60. The van der Waals surface area contributed by atoms with Gasteiger partial charge in [-0.2, -0.15) is 0 Å². The fourth-order valence-corrected chi connectivity index (χ4v) is 2.33. The maximum atomic E-state index is 12.5. The van der Waals surface area contributed by atoms with Crippen LogP contribution in [0.3, 0.4) is 0 Å². The highest BCUT2D eigenvalue weighted by molar-refractivity contribution is 6.03. The standard InChI is InChI=1S/C19H24N4O2.ClH/c1-13(2)22-19(25)23-17-11-7-6-10-15(17)18(24)21-12-16(20)14-8-4-3-5-9-14;/h3-11,13,16H,12,20H2,1-2H3,(H,21,24)(H2,22,23,25);1H. The quantitative estimate of drug-likeness (QED) is 0.623. The second-order valence-electron chi connectivity index (χ2n) is 6.03. The second kappa shape index (κ2) is 10.4. The van der Waals surface area contributed by atoms with Gasteiger partial charge in [-0.3, -0.25) is 4.79 Å². The normalized spacial score (nSPS) is 11.2. The lowest BCUT2D eigenvalue weighted by atomic mass is 10.1. The summed E-state index contributed by atoms with van der Waals surface area (Å²) in [4.78, 5) is 24.3. The number of carbonyl (C=O) groups excluding carboxylic acids is 2. The first-order valence-electron chi connectivity index (χ1n) is 8.22. The molecule has 0 spiro atoms. The molecule has 0 bridgehead atoms. The highest BCUT2D eigenvalue weighted by Crippen LogP contribution is 2.15. The van der Waals surface area contributed by atoms with Crippen molar-refractivity contribution in [3.05, 3.63) is 65.7 Å². The maximum absolute atomic E-state index is 12.5. The van der Waals surface area contributed by atoms with Crippen LogP contribution in [0.25, 0.3) is 0 Å². The molecule has 2 aromatic rings. The molecule has 26 heavy (non-hydrogen) atoms. The summed E-state index contributed by atoms with van der Waals surface area (Å²) in [5.74, 6) is -0.285. The topological polar surface area (TPSA) is 96.2 Å². The van der Waals surface area contributed by atoms with Gasteiger partial charge < -0.3 is 21.7 Å². The number of rotatable bonds is 6. The Labute approximate surface area is 160 Å². The van der Waals surface area contributed by atoms with Crippen LogP contribution < -0.4 is 21.7 Å². The Bertz CT molecular complexity index is 722. The van der Waals surface area contributed by atoms with Crippen LogP contribution in [0.5, 0.6) is 0 Å². The molecule has 1 unspecified atom stereocenters. The van der Waals surface area contributed by atoms with E-state index in [2.05, 4.69) is 16.0 Å². The number of hydrogen-bond donors (Lipinski definition) is 4. The van der Waals surface area contributed by atoms with Gasteiger partial charge in [0.15, 0.2) is 0 Å². The number of nitrogens with one attached hydrogen (secondary N) is 3. The molecule has 7 heteroatoms. The molecule has 0 radical (unpaired) electrons. The van der Waals surface area contributed by atoms with E-state index in [1.807, 2.05) is 44.2 Å². The summed E-state index contributed by atoms with van der Waals surface area (Å²) in [5, 5.41) is 8.24. The number of carbonyl (C=O) groups is 2. The molecular weight excluding hydrogens is 352 g/mol. The van der Waals surface area contributed by atoms with Crippen molar-refractivity contribution in [2.75, 3.05) is 11.9 Å². The highest BCUT2D eigenvalue weighted by Gasteiger charge is 2.14. The minimum Gasteiger partial charge on any atom is -0.350 e. The Morgan fingerprint density at radius 2 is 1.62 bits per heavy atom. The molecule has 0 aromatic heterocycles. The van der Waals surface area contributed by atoms with Crippen LogP contribution in [-0.2, 0) is 0 Å². The van der Waals surface area contributed by atoms with Gasteiger partial charge in [-0.05, 0) is 31.5 Å². The number of halogens is 1. The molecule has 6 nitrogen and oxygen atoms in total. The Morgan fingerprint density at radius 3 is 2.27 bits per heavy atom. The summed E-state index contributed by atoms with van der Waals surface area (Å²) >= 11 is 0. The molecule has 0 saturated carbocycles. The van der Waals surface area contributed by atoms with Crippen LogP contribution >= 0.6 is 12.4 Å². The number of anilines is 1. The van der Waals surface area contributed by atoms with Gasteiger partial charge in [-0.15, -0.1) is 12.4 Å². The lowest BCUT2D eigenvalue weighted by Crippen LogP contribution is -2.35. The number of amides is 3. The van der Waals surface area contributed by atoms with Crippen molar-refractivity contribution in [3.8, 4) is 0 Å². The van der Waals surface area contributed by atoms with E-state index in [0.29, 0.717) is 17.8 Å². The third kappa shape index (κ3) is 6.38. The van der Waals surface area contributed by atoms with Crippen LogP contribution in [0.2, 0.25) is 0 Å². The lowest BCUT2D eigenvalue weighted by molar-refractivity contribution is 0.0952. The molecular formula is C19H25ClN4O2. The highest BCUT2D eigenvalue weighted by atomic mass is 35.5. The van der Waals surface area contributed by atoms with Gasteiger partial charge in [-0.1, -0.05) is 42.5 Å². The molecule has 5 N–H and O–H groups in total. The van der Waals surface area contributed by atoms with Crippen molar-refractivity contribution in [3.63, 3.8) is 0 Å². The molecule has 1 atom stereocenters. The van der Waals surface area contributed by atoms with E-state index in [9.17, 15) is 9.59 Å². The minimum atomic E-state index is -0.351. The molecule has 0 heterocycles. The van der Waals surface area contributed by atoms with Gasteiger partial charge in [0.05, 0.1) is 11.3 Å². The number of nitrogens with two attached hydrogens (primary N) is 1. The fourth-order valence-electron chi connectivity index (χ4n) is 2.33. The van der Waals surface area contributed by atoms with E-state index in [-0.39, 0.29) is 36.4 Å². The Morgan fingerprint density at radius 1 is 1.00 bits per heavy atom. The van der Waals surface area contributed by atoms with Crippen molar-refractivity contribution >= 4 is 30.0 Å². The summed E-state index contributed by atoms with van der Waals surface area (Å²) < 4.78 is 0. The van der Waals surface area contributed by atoms with Gasteiger partial charge >= 0.3 is 6.03 Å². The summed E-state index contributed by atoms with van der Waals surface area (Å²) in [6, 6.07) is 15.8. The zero-order valence-corrected chi connectivity index (χ0v) is 15.7. The lowest BCUT2D eigenvalue weighted by Gasteiger charge is -2.16. The molecule has 0 aliphatic heterocycles. The van der Waals surface area contributed by atoms with Gasteiger partial charge in [0.2, 0.25) is 0 Å². The van der Waals surface area contributed by atoms with E-state index in [1.54, 1.807) is 24.3 Å². The Hall–Kier alpha value is -2.57. The second-order valence-corrected chi connectivity index (χ2v) is 6.03. The van der Waals surface area contributed by atoms with Gasteiger partial charge in [0.25, 0.3) is 5.91 Å². The summed E-state index contributed by atoms with van der Waals surface area (Å²) in [6.45, 7) is 4.03. The SMILES string of the molecule is CC(C)NC(=O)Nc1ccccc1C(=O)NCC(N)c1ccccc1.Cl. The van der Waals surface area contributed by atoms with Crippen molar-refractivity contribution in [1.82, 2.24) is 10.6 Å². The Kier molecular flexibility index (Phi) is 8.61. The first-order chi connectivity index (χ1) is 12.0. The number of benzene rings is 2. The largest absolute Gasteiger partial charge is 0.350 e. The van der Waals surface area contributed by atoms with Crippen LogP contribution in [0.1, 0.15) is 35.8 Å². The summed E-state index contributed by atoms with van der Waals surface area (Å²) in [7, 11) is 0. The molecule has 0 aliphatic carbocycles. The predicted octanol–water partition coefficient (Wildman–Crippen LogP) is 3.07.